The highest BCUT2D eigenvalue weighted by atomic mass is 16.5. The minimum atomic E-state index is -0.906. The van der Waals surface area contributed by atoms with Crippen LogP contribution < -0.4 is 9.47 Å². The Kier molecular flexibility index (Phi) is 5.16. The molecular formula is C19H25NO5. The van der Waals surface area contributed by atoms with Crippen molar-refractivity contribution in [3.63, 3.8) is 0 Å². The molecule has 0 spiro atoms. The first-order valence-corrected chi connectivity index (χ1v) is 8.82. The molecule has 2 aliphatic rings. The molecule has 1 aromatic rings. The molecule has 1 unspecified atom stereocenters. The number of carbonyl (C=O) groups is 2. The van der Waals surface area contributed by atoms with Gasteiger partial charge in [0.1, 0.15) is 0 Å². The Morgan fingerprint density at radius 3 is 2.40 bits per heavy atom. The quantitative estimate of drug-likeness (QED) is 0.886. The lowest BCUT2D eigenvalue weighted by Gasteiger charge is -2.38. The summed E-state index contributed by atoms with van der Waals surface area (Å²) in [6, 6.07) is 3.28. The predicted octanol–water partition coefficient (Wildman–Crippen LogP) is 2.79. The van der Waals surface area contributed by atoms with Crippen molar-refractivity contribution >= 4 is 11.9 Å². The summed E-state index contributed by atoms with van der Waals surface area (Å²) in [5.41, 5.74) is 1.89. The Bertz CT molecular complexity index is 666. The molecule has 1 saturated carbocycles. The van der Waals surface area contributed by atoms with Crippen molar-refractivity contribution in [2.45, 2.75) is 44.6 Å². The molecule has 0 bridgehead atoms. The van der Waals surface area contributed by atoms with E-state index in [0.29, 0.717) is 24.5 Å². The third kappa shape index (κ3) is 3.43. The van der Waals surface area contributed by atoms with E-state index in [-0.39, 0.29) is 18.2 Å². The lowest BCUT2D eigenvalue weighted by atomic mass is 9.88. The van der Waals surface area contributed by atoms with Crippen molar-refractivity contribution < 1.29 is 24.2 Å². The third-order valence-corrected chi connectivity index (χ3v) is 5.36. The van der Waals surface area contributed by atoms with E-state index in [0.717, 1.165) is 36.8 Å². The van der Waals surface area contributed by atoms with Crippen molar-refractivity contribution in [2.75, 3.05) is 20.8 Å². The molecular weight excluding hydrogens is 322 g/mol. The lowest BCUT2D eigenvalue weighted by Crippen LogP contribution is -2.43. The number of hydrogen-bond acceptors (Lipinski definition) is 4. The average molecular weight is 347 g/mol. The van der Waals surface area contributed by atoms with Gasteiger partial charge in [-0.2, -0.15) is 0 Å². The van der Waals surface area contributed by atoms with Crippen LogP contribution in [0.2, 0.25) is 0 Å². The van der Waals surface area contributed by atoms with Crippen molar-refractivity contribution in [3.05, 3.63) is 23.3 Å². The van der Waals surface area contributed by atoms with E-state index < -0.39 is 12.0 Å². The number of ether oxygens (including phenoxy) is 2. The minimum Gasteiger partial charge on any atom is -0.493 e. The molecule has 3 rings (SSSR count). The summed E-state index contributed by atoms with van der Waals surface area (Å²) >= 11 is 0. The van der Waals surface area contributed by atoms with E-state index in [9.17, 15) is 14.7 Å². The maximum atomic E-state index is 13.0. The van der Waals surface area contributed by atoms with Crippen LogP contribution in [0.15, 0.2) is 12.1 Å². The number of amides is 1. The van der Waals surface area contributed by atoms with Crippen LogP contribution in [0.5, 0.6) is 11.5 Å². The molecule has 25 heavy (non-hydrogen) atoms. The number of carboxylic acid groups (broad SMARTS) is 1. The molecule has 1 atom stereocenters. The highest BCUT2D eigenvalue weighted by Crippen LogP contribution is 2.41. The lowest BCUT2D eigenvalue weighted by molar-refractivity contribution is -0.143. The third-order valence-electron chi connectivity index (χ3n) is 5.36. The van der Waals surface area contributed by atoms with Crippen molar-refractivity contribution in [1.29, 1.82) is 0 Å². The van der Waals surface area contributed by atoms with Crippen LogP contribution >= 0.6 is 0 Å². The highest BCUT2D eigenvalue weighted by Gasteiger charge is 2.37. The Hall–Kier alpha value is -2.24. The van der Waals surface area contributed by atoms with Gasteiger partial charge >= 0.3 is 5.97 Å². The molecule has 1 aliphatic carbocycles. The van der Waals surface area contributed by atoms with Crippen LogP contribution in [0.25, 0.3) is 0 Å². The highest BCUT2D eigenvalue weighted by molar-refractivity contribution is 5.81. The van der Waals surface area contributed by atoms with Gasteiger partial charge < -0.3 is 19.5 Å². The zero-order chi connectivity index (χ0) is 18.0. The smallest absolute Gasteiger partial charge is 0.305 e. The standard InChI is InChI=1S/C19H25NO5/c1-24-16-9-13-7-8-20(19(23)12-5-3-4-6-12)15(11-18(21)22)14(13)10-17(16)25-2/h9-10,12,15H,3-8,11H2,1-2H3,(H,21,22). The number of hydrogen-bond donors (Lipinski definition) is 1. The van der Waals surface area contributed by atoms with Gasteiger partial charge in [-0.05, 0) is 42.5 Å². The van der Waals surface area contributed by atoms with Crippen LogP contribution in [-0.4, -0.2) is 42.6 Å². The maximum Gasteiger partial charge on any atom is 0.305 e. The van der Waals surface area contributed by atoms with Crippen LogP contribution in [0.4, 0.5) is 0 Å². The van der Waals surface area contributed by atoms with Gasteiger partial charge in [-0.1, -0.05) is 12.8 Å². The number of carboxylic acids is 1. The number of carbonyl (C=O) groups excluding carboxylic acids is 1. The number of methoxy groups -OCH3 is 2. The predicted molar refractivity (Wildman–Crippen MR) is 91.9 cm³/mol. The first-order chi connectivity index (χ1) is 12.0. The summed E-state index contributed by atoms with van der Waals surface area (Å²) in [4.78, 5) is 26.2. The molecule has 1 heterocycles. The summed E-state index contributed by atoms with van der Waals surface area (Å²) in [5.74, 6) is 0.428. The van der Waals surface area contributed by atoms with Crippen molar-refractivity contribution in [1.82, 2.24) is 4.90 Å². The first kappa shape index (κ1) is 17.6. The van der Waals surface area contributed by atoms with Gasteiger partial charge in [0.25, 0.3) is 0 Å². The SMILES string of the molecule is COc1cc2c(cc1OC)C(CC(=O)O)N(C(=O)C1CCCC1)CC2. The number of rotatable bonds is 5. The van der Waals surface area contributed by atoms with Crippen molar-refractivity contribution in [3.8, 4) is 11.5 Å². The van der Waals surface area contributed by atoms with Gasteiger partial charge in [-0.3, -0.25) is 9.59 Å². The summed E-state index contributed by atoms with van der Waals surface area (Å²) in [6.45, 7) is 0.551. The molecule has 1 amide bonds. The fourth-order valence-electron chi connectivity index (χ4n) is 4.08. The topological polar surface area (TPSA) is 76.1 Å². The van der Waals surface area contributed by atoms with Crippen LogP contribution in [-0.2, 0) is 16.0 Å². The monoisotopic (exact) mass is 347 g/mol. The zero-order valence-corrected chi connectivity index (χ0v) is 14.8. The number of aliphatic carboxylic acids is 1. The van der Waals surface area contributed by atoms with E-state index in [1.165, 1.54) is 0 Å². The van der Waals surface area contributed by atoms with E-state index in [1.807, 2.05) is 12.1 Å². The first-order valence-electron chi connectivity index (χ1n) is 8.82. The van der Waals surface area contributed by atoms with E-state index >= 15 is 0 Å². The zero-order valence-electron chi connectivity index (χ0n) is 14.8. The molecule has 1 N–H and O–H groups in total. The van der Waals surface area contributed by atoms with Gasteiger partial charge in [0.2, 0.25) is 5.91 Å². The summed E-state index contributed by atoms with van der Waals surface area (Å²) in [6.07, 6.45) is 4.58. The second kappa shape index (κ2) is 7.33. The second-order valence-electron chi connectivity index (χ2n) is 6.78. The van der Waals surface area contributed by atoms with Crippen LogP contribution in [0, 0.1) is 5.92 Å². The Morgan fingerprint density at radius 1 is 1.16 bits per heavy atom. The fourth-order valence-corrected chi connectivity index (χ4v) is 4.08. The molecule has 0 radical (unpaired) electrons. The van der Waals surface area contributed by atoms with E-state index in [2.05, 4.69) is 0 Å². The number of nitrogens with zero attached hydrogens (tertiary/aromatic N) is 1. The fraction of sp³-hybridized carbons (Fsp3) is 0.579. The molecule has 6 heteroatoms. The molecule has 136 valence electrons. The largest absolute Gasteiger partial charge is 0.493 e. The maximum absolute atomic E-state index is 13.0. The molecule has 0 aromatic heterocycles. The van der Waals surface area contributed by atoms with Gasteiger partial charge in [0, 0.05) is 12.5 Å². The number of benzene rings is 1. The summed E-state index contributed by atoms with van der Waals surface area (Å²) in [5, 5.41) is 9.39. The van der Waals surface area contributed by atoms with E-state index in [4.69, 9.17) is 9.47 Å². The summed E-state index contributed by atoms with van der Waals surface area (Å²) < 4.78 is 10.7. The second-order valence-corrected chi connectivity index (χ2v) is 6.78. The van der Waals surface area contributed by atoms with Gasteiger partial charge in [-0.25, -0.2) is 0 Å². The van der Waals surface area contributed by atoms with Crippen LogP contribution in [0.1, 0.15) is 49.3 Å². The van der Waals surface area contributed by atoms with Crippen molar-refractivity contribution in [2.24, 2.45) is 5.92 Å². The van der Waals surface area contributed by atoms with Gasteiger partial charge in [0.05, 0.1) is 26.7 Å². The van der Waals surface area contributed by atoms with Gasteiger partial charge in [0.15, 0.2) is 11.5 Å². The minimum absolute atomic E-state index is 0.0398. The summed E-state index contributed by atoms with van der Waals surface area (Å²) in [7, 11) is 3.14. The van der Waals surface area contributed by atoms with E-state index in [1.54, 1.807) is 19.1 Å². The Balaban J connectivity index is 1.97. The molecule has 1 aromatic carbocycles. The van der Waals surface area contributed by atoms with Gasteiger partial charge in [-0.15, -0.1) is 0 Å². The molecule has 0 saturated heterocycles. The average Bonchev–Trinajstić information content (AvgIpc) is 3.14. The molecule has 6 nitrogen and oxygen atoms in total. The normalized spacial score (nSPS) is 20.2. The Morgan fingerprint density at radius 2 is 1.80 bits per heavy atom. The molecule has 1 fully saturated rings. The molecule has 1 aliphatic heterocycles. The Labute approximate surface area is 147 Å². The number of fused-ring (bicyclic) bond motifs is 1. The van der Waals surface area contributed by atoms with Crippen LogP contribution in [0.3, 0.4) is 0 Å².